The lowest BCUT2D eigenvalue weighted by atomic mass is 10.1. The average Bonchev–Trinajstić information content (AvgIpc) is 2.56. The molecule has 1 aromatic carbocycles. The zero-order valence-electron chi connectivity index (χ0n) is 15.3. The molecule has 0 saturated carbocycles. The number of hydrogen-bond acceptors (Lipinski definition) is 3. The van der Waals surface area contributed by atoms with Gasteiger partial charge in [0.1, 0.15) is 0 Å². The van der Waals surface area contributed by atoms with Gasteiger partial charge < -0.3 is 10.2 Å². The van der Waals surface area contributed by atoms with E-state index in [-0.39, 0.29) is 18.4 Å². The minimum atomic E-state index is -0.188. The predicted octanol–water partition coefficient (Wildman–Crippen LogP) is 3.04. The van der Waals surface area contributed by atoms with Gasteiger partial charge in [0.05, 0.1) is 6.54 Å². The van der Waals surface area contributed by atoms with Gasteiger partial charge in [-0.2, -0.15) is 0 Å². The van der Waals surface area contributed by atoms with Crippen molar-refractivity contribution in [2.75, 3.05) is 18.9 Å². The summed E-state index contributed by atoms with van der Waals surface area (Å²) in [6.07, 6.45) is 4.44. The molecule has 2 rings (SSSR count). The Bertz CT molecular complexity index is 734. The first-order valence-corrected chi connectivity index (χ1v) is 8.37. The van der Waals surface area contributed by atoms with Crippen molar-refractivity contribution in [1.29, 1.82) is 0 Å². The maximum absolute atomic E-state index is 12.3. The molecule has 5 heteroatoms. The zero-order chi connectivity index (χ0) is 18.4. The number of hydrogen-bond donors (Lipinski definition) is 1. The smallest absolute Gasteiger partial charge is 0.243 e. The summed E-state index contributed by atoms with van der Waals surface area (Å²) in [4.78, 5) is 30.0. The van der Waals surface area contributed by atoms with Crippen LogP contribution in [0.1, 0.15) is 28.7 Å². The third-order valence-electron chi connectivity index (χ3n) is 4.10. The zero-order valence-corrected chi connectivity index (χ0v) is 15.3. The summed E-state index contributed by atoms with van der Waals surface area (Å²) in [5.74, 6) is -0.247. The van der Waals surface area contributed by atoms with Gasteiger partial charge >= 0.3 is 0 Å². The Balaban J connectivity index is 1.88. The molecule has 0 saturated heterocycles. The summed E-state index contributed by atoms with van der Waals surface area (Å²) >= 11 is 0. The fourth-order valence-corrected chi connectivity index (χ4v) is 2.85. The molecule has 0 radical (unpaired) electrons. The van der Waals surface area contributed by atoms with Crippen LogP contribution in [-0.4, -0.2) is 35.3 Å². The van der Waals surface area contributed by atoms with Crippen molar-refractivity contribution in [3.8, 4) is 0 Å². The van der Waals surface area contributed by atoms with Crippen LogP contribution in [0.5, 0.6) is 0 Å². The van der Waals surface area contributed by atoms with Crippen LogP contribution in [0.15, 0.2) is 36.7 Å². The van der Waals surface area contributed by atoms with Crippen molar-refractivity contribution in [3.05, 3.63) is 58.9 Å². The molecule has 1 N–H and O–H groups in total. The number of anilines is 1. The maximum Gasteiger partial charge on any atom is 0.243 e. The van der Waals surface area contributed by atoms with Gasteiger partial charge in [0.15, 0.2) is 0 Å². The molecular formula is C20H25N3O2. The number of pyridine rings is 1. The van der Waals surface area contributed by atoms with E-state index < -0.39 is 0 Å². The highest BCUT2D eigenvalue weighted by atomic mass is 16.2. The van der Waals surface area contributed by atoms with Crippen LogP contribution in [0.25, 0.3) is 0 Å². The van der Waals surface area contributed by atoms with Crippen LogP contribution in [0.3, 0.4) is 0 Å². The topological polar surface area (TPSA) is 62.3 Å². The first-order chi connectivity index (χ1) is 11.9. The van der Waals surface area contributed by atoms with Crippen LogP contribution in [0, 0.1) is 20.8 Å². The number of aryl methyl sites for hydroxylation is 4. The molecule has 0 aliphatic heterocycles. The number of rotatable bonds is 6. The lowest BCUT2D eigenvalue weighted by molar-refractivity contribution is -0.133. The number of benzene rings is 1. The molecule has 25 heavy (non-hydrogen) atoms. The van der Waals surface area contributed by atoms with E-state index in [1.165, 1.54) is 4.90 Å². The molecule has 2 amide bonds. The van der Waals surface area contributed by atoms with Crippen LogP contribution in [0.4, 0.5) is 5.69 Å². The van der Waals surface area contributed by atoms with E-state index in [1.807, 2.05) is 45.0 Å². The number of likely N-dealkylation sites (N-methyl/N-ethyl adjacent to an activating group) is 1. The fourth-order valence-electron chi connectivity index (χ4n) is 2.85. The van der Waals surface area contributed by atoms with Crippen LogP contribution >= 0.6 is 0 Å². The number of nitrogens with one attached hydrogen (secondary N) is 1. The molecule has 0 unspecified atom stereocenters. The molecule has 132 valence electrons. The third kappa shape index (κ3) is 5.41. The highest BCUT2D eigenvalue weighted by Crippen LogP contribution is 2.21. The Labute approximate surface area is 149 Å². The quantitative estimate of drug-likeness (QED) is 0.880. The Morgan fingerprint density at radius 3 is 2.44 bits per heavy atom. The van der Waals surface area contributed by atoms with Gasteiger partial charge in [0.25, 0.3) is 0 Å². The minimum Gasteiger partial charge on any atom is -0.336 e. The van der Waals surface area contributed by atoms with Crippen molar-refractivity contribution in [3.63, 3.8) is 0 Å². The van der Waals surface area contributed by atoms with Gasteiger partial charge in [-0.05, 0) is 49.9 Å². The molecule has 0 aliphatic rings. The maximum atomic E-state index is 12.3. The number of carbonyl (C=O) groups excluding carboxylic acids is 2. The molecule has 5 nitrogen and oxygen atoms in total. The number of nitrogens with zero attached hydrogens (tertiary/aromatic N) is 2. The summed E-state index contributed by atoms with van der Waals surface area (Å²) in [7, 11) is 1.65. The van der Waals surface area contributed by atoms with Crippen molar-refractivity contribution in [1.82, 2.24) is 9.88 Å². The summed E-state index contributed by atoms with van der Waals surface area (Å²) in [6, 6.07) is 7.86. The standard InChI is InChI=1S/C20H25N3O2/c1-14-10-15(2)20(16(3)11-14)22-18(24)13-23(4)19(25)8-7-17-6-5-9-21-12-17/h5-6,9-12H,7-8,13H2,1-4H3,(H,22,24). The van der Waals surface area contributed by atoms with E-state index in [9.17, 15) is 9.59 Å². The lowest BCUT2D eigenvalue weighted by Crippen LogP contribution is -2.35. The van der Waals surface area contributed by atoms with E-state index >= 15 is 0 Å². The molecule has 0 fully saturated rings. The highest BCUT2D eigenvalue weighted by Gasteiger charge is 2.14. The molecule has 1 heterocycles. The second kappa shape index (κ2) is 8.42. The molecule has 1 aromatic heterocycles. The first kappa shape index (κ1) is 18.6. The van der Waals surface area contributed by atoms with E-state index in [0.29, 0.717) is 12.8 Å². The Hall–Kier alpha value is -2.69. The summed E-state index contributed by atoms with van der Waals surface area (Å²) < 4.78 is 0. The summed E-state index contributed by atoms with van der Waals surface area (Å²) in [6.45, 7) is 6.01. The molecule has 2 aromatic rings. The number of aromatic nitrogens is 1. The van der Waals surface area contributed by atoms with Gasteiger partial charge in [-0.3, -0.25) is 14.6 Å². The Kier molecular flexibility index (Phi) is 6.28. The lowest BCUT2D eigenvalue weighted by Gasteiger charge is -2.18. The number of amides is 2. The van der Waals surface area contributed by atoms with Crippen LogP contribution < -0.4 is 5.32 Å². The predicted molar refractivity (Wildman–Crippen MR) is 99.5 cm³/mol. The number of carbonyl (C=O) groups is 2. The molecule has 0 aliphatic carbocycles. The fraction of sp³-hybridized carbons (Fsp3) is 0.350. The second-order valence-electron chi connectivity index (χ2n) is 6.43. The Morgan fingerprint density at radius 2 is 1.84 bits per heavy atom. The largest absolute Gasteiger partial charge is 0.336 e. The SMILES string of the molecule is Cc1cc(C)c(NC(=O)CN(C)C(=O)CCc2cccnc2)c(C)c1. The molecular weight excluding hydrogens is 314 g/mol. The van der Waals surface area contributed by atoms with Gasteiger partial charge in [-0.25, -0.2) is 0 Å². The highest BCUT2D eigenvalue weighted by molar-refractivity contribution is 5.95. The van der Waals surface area contributed by atoms with E-state index in [0.717, 1.165) is 27.9 Å². The van der Waals surface area contributed by atoms with Crippen molar-refractivity contribution >= 4 is 17.5 Å². The van der Waals surface area contributed by atoms with Crippen LogP contribution in [0.2, 0.25) is 0 Å². The van der Waals surface area contributed by atoms with Gasteiger partial charge in [-0.15, -0.1) is 0 Å². The average molecular weight is 339 g/mol. The van der Waals surface area contributed by atoms with Crippen LogP contribution in [-0.2, 0) is 16.0 Å². The normalized spacial score (nSPS) is 10.4. The van der Waals surface area contributed by atoms with E-state index in [4.69, 9.17) is 0 Å². The monoisotopic (exact) mass is 339 g/mol. The Morgan fingerprint density at radius 1 is 1.16 bits per heavy atom. The molecule has 0 spiro atoms. The summed E-state index contributed by atoms with van der Waals surface area (Å²) in [5, 5.41) is 2.92. The molecule has 0 atom stereocenters. The van der Waals surface area contributed by atoms with Gasteiger partial charge in [-0.1, -0.05) is 23.8 Å². The molecule has 0 bridgehead atoms. The van der Waals surface area contributed by atoms with Gasteiger partial charge in [0.2, 0.25) is 11.8 Å². The van der Waals surface area contributed by atoms with E-state index in [2.05, 4.69) is 10.3 Å². The van der Waals surface area contributed by atoms with Crippen molar-refractivity contribution < 1.29 is 9.59 Å². The van der Waals surface area contributed by atoms with Gasteiger partial charge in [0, 0.05) is 31.5 Å². The first-order valence-electron chi connectivity index (χ1n) is 8.37. The summed E-state index contributed by atoms with van der Waals surface area (Å²) in [5.41, 5.74) is 5.05. The van der Waals surface area contributed by atoms with E-state index in [1.54, 1.807) is 19.4 Å². The van der Waals surface area contributed by atoms with Crippen molar-refractivity contribution in [2.24, 2.45) is 0 Å². The second-order valence-corrected chi connectivity index (χ2v) is 6.43. The van der Waals surface area contributed by atoms with Crippen molar-refractivity contribution in [2.45, 2.75) is 33.6 Å². The third-order valence-corrected chi connectivity index (χ3v) is 4.10. The minimum absolute atomic E-state index is 0.0403.